The van der Waals surface area contributed by atoms with E-state index < -0.39 is 174 Å². The van der Waals surface area contributed by atoms with Gasteiger partial charge in [-0.15, -0.1) is 11.6 Å². The summed E-state index contributed by atoms with van der Waals surface area (Å²) in [5.74, 6) is -10.7. The van der Waals surface area contributed by atoms with Gasteiger partial charge in [0.1, 0.15) is 53.9 Å². The van der Waals surface area contributed by atoms with Crippen LogP contribution in [-0.2, 0) is 62.3 Å². The van der Waals surface area contributed by atoms with Crippen LogP contribution in [-0.4, -0.2) is 276 Å². The summed E-state index contributed by atoms with van der Waals surface area (Å²) in [6.45, 7) is 7.96. The minimum atomic E-state index is -4.52. The summed E-state index contributed by atoms with van der Waals surface area (Å²) >= 11 is 6.43. The number of likely N-dealkylation sites (N-methyl/N-ethyl adjacent to an activating group) is 7. The first-order chi connectivity index (χ1) is 48.5. The predicted molar refractivity (Wildman–Crippen MR) is 381 cm³/mol. The molecular weight excluding hydrogens is 1360 g/mol. The van der Waals surface area contributed by atoms with Crippen LogP contribution < -0.4 is 16.0 Å². The summed E-state index contributed by atoms with van der Waals surface area (Å²) in [5, 5.41) is 7.62. The number of hydrogen-bond donors (Lipinski definition) is 3. The van der Waals surface area contributed by atoms with Crippen LogP contribution in [0.4, 0.5) is 13.2 Å². The highest BCUT2D eigenvalue weighted by Crippen LogP contribution is 2.44. The molecule has 3 heterocycles. The lowest BCUT2D eigenvalue weighted by Gasteiger charge is -2.42. The summed E-state index contributed by atoms with van der Waals surface area (Å²) in [6, 6.07) is -10.1. The fourth-order valence-electron chi connectivity index (χ4n) is 16.7. The fraction of sp³-hybridized carbons (Fsp3) is 0.811. The summed E-state index contributed by atoms with van der Waals surface area (Å²) in [4.78, 5) is 192. The zero-order chi connectivity index (χ0) is 76.1. The van der Waals surface area contributed by atoms with Crippen molar-refractivity contribution in [1.29, 1.82) is 0 Å². The first-order valence-electron chi connectivity index (χ1n) is 37.7. The van der Waals surface area contributed by atoms with Crippen molar-refractivity contribution in [3.8, 4) is 0 Å². The van der Waals surface area contributed by atoms with Gasteiger partial charge in [0.05, 0.1) is 38.6 Å². The number of amides is 12. The van der Waals surface area contributed by atoms with Crippen LogP contribution in [0.2, 0.25) is 0 Å². The number of ether oxygens (including phenoxy) is 1. The van der Waals surface area contributed by atoms with E-state index in [4.69, 9.17) is 16.3 Å². The van der Waals surface area contributed by atoms with Crippen molar-refractivity contribution in [1.82, 2.24) is 60.0 Å². The molecule has 3 unspecified atom stereocenters. The van der Waals surface area contributed by atoms with Crippen LogP contribution in [0.1, 0.15) is 182 Å². The average molecular weight is 1480 g/mol. The molecule has 25 nitrogen and oxygen atoms in total. The lowest BCUT2D eigenvalue weighted by atomic mass is 9.78. The van der Waals surface area contributed by atoms with E-state index in [9.17, 15) is 41.9 Å². The average Bonchev–Trinajstić information content (AvgIpc) is 1.75. The van der Waals surface area contributed by atoms with Gasteiger partial charge in [-0.3, -0.25) is 57.5 Å². The molecule has 1 spiro atoms. The number of halogens is 4. The second kappa shape index (κ2) is 37.1. The summed E-state index contributed by atoms with van der Waals surface area (Å²) in [5.41, 5.74) is -1.56. The van der Waals surface area contributed by atoms with Gasteiger partial charge in [0.2, 0.25) is 70.9 Å². The second-order valence-electron chi connectivity index (χ2n) is 31.6. The molecule has 7 rings (SSSR count). The lowest BCUT2D eigenvalue weighted by Crippen LogP contribution is -2.65. The molecule has 0 aromatic carbocycles. The normalized spacial score (nSPS) is 31.6. The maximum Gasteiger partial charge on any atom is 0.393 e. The van der Waals surface area contributed by atoms with Crippen molar-refractivity contribution in [2.75, 3.05) is 95.8 Å². The largest absolute Gasteiger partial charge is 0.393 e. The molecule has 103 heavy (non-hydrogen) atoms. The molecule has 3 aliphatic heterocycles. The Labute approximate surface area is 612 Å². The van der Waals surface area contributed by atoms with Gasteiger partial charge in [-0.05, 0) is 119 Å². The summed E-state index contributed by atoms with van der Waals surface area (Å²) < 4.78 is 48.2. The molecule has 2 saturated heterocycles. The molecule has 3 N–H and O–H groups in total. The van der Waals surface area contributed by atoms with Crippen molar-refractivity contribution >= 4 is 82.5 Å². The third kappa shape index (κ3) is 20.9. The monoisotopic (exact) mass is 1470 g/mol. The summed E-state index contributed by atoms with van der Waals surface area (Å²) in [7, 11) is 11.5. The Balaban J connectivity index is 1.30. The Morgan fingerprint density at radius 2 is 1.31 bits per heavy atom. The van der Waals surface area contributed by atoms with Gasteiger partial charge in [-0.25, -0.2) is 0 Å². The zero-order valence-corrected chi connectivity index (χ0v) is 64.0. The van der Waals surface area contributed by atoms with E-state index in [0.29, 0.717) is 44.4 Å². The van der Waals surface area contributed by atoms with E-state index in [1.165, 1.54) is 95.6 Å². The molecule has 12 atom stereocenters. The van der Waals surface area contributed by atoms with Gasteiger partial charge in [-0.2, -0.15) is 13.2 Å². The van der Waals surface area contributed by atoms with E-state index in [1.807, 2.05) is 20.8 Å². The predicted octanol–water partition coefficient (Wildman–Crippen LogP) is 5.74. The highest BCUT2D eigenvalue weighted by atomic mass is 35.5. The number of fused-ring (bicyclic) bond motifs is 3. The molecule has 6 fully saturated rings. The number of carbonyl (C=O) groups is 12. The van der Waals surface area contributed by atoms with Gasteiger partial charge >= 0.3 is 6.18 Å². The fourth-order valence-corrected chi connectivity index (χ4v) is 17.2. The third-order valence-electron chi connectivity index (χ3n) is 23.5. The number of nitrogens with zero attached hydrogens (tertiary/aromatic N) is 9. The molecule has 4 aliphatic carbocycles. The Kier molecular flexibility index (Phi) is 30.1. The van der Waals surface area contributed by atoms with Crippen molar-refractivity contribution < 1.29 is 75.4 Å². The van der Waals surface area contributed by atoms with Gasteiger partial charge in [0.25, 0.3) is 0 Å². The topological polar surface area (TPSA) is 279 Å². The Hall–Kier alpha value is -6.58. The molecule has 7 aliphatic rings. The molecule has 0 aromatic rings. The first kappa shape index (κ1) is 83.7. The minimum Gasteiger partial charge on any atom is -0.375 e. The molecule has 4 saturated carbocycles. The highest BCUT2D eigenvalue weighted by molar-refractivity contribution is 6.21. The van der Waals surface area contributed by atoms with Crippen molar-refractivity contribution in [3.05, 3.63) is 12.2 Å². The molecular formula is C74H118ClF3N12O13. The van der Waals surface area contributed by atoms with Gasteiger partial charge in [0.15, 0.2) is 0 Å². The van der Waals surface area contributed by atoms with E-state index >= 15 is 28.8 Å². The standard InChI is InChI=1S/C74H118ClF3N12O13/c1-14-47(5)62-70(100)84(9)43-61(93)86(11)58-44-103-37-20-19-35-90(69(58)99)57(40-49-27-25-46(4)26-28-49)68(98)83(8)42-59(91)79-53(32-30-48-29-31-51(52(75)39-48)74(76,77)78)66(96)89-36-21-24-54(89)65(95)81-73(33-17-18-34-73)72(102)88(13)63(50-22-15-16-23-50)71(101)87(12)56(67(97)82(6)7)41-60(92)85(10)55(38-45(2)3)64(94)80-62/h19-20,45-58,62-63H,14-18,21-44H2,1-13H3,(H,79,91)(H,80,94)(H,81,95)/b20-19+/t46?,47-,48?,49?,51?,52?,53-,54-,55-,56-,57-,58+,62-,63-/m0/s1. The highest BCUT2D eigenvalue weighted by Gasteiger charge is 2.53. The Morgan fingerprint density at radius 3 is 1.92 bits per heavy atom. The summed E-state index contributed by atoms with van der Waals surface area (Å²) in [6.07, 6.45) is 6.67. The van der Waals surface area contributed by atoms with Gasteiger partial charge in [-0.1, -0.05) is 105 Å². The minimum absolute atomic E-state index is 0.00924. The molecule has 0 aromatic heterocycles. The maximum atomic E-state index is 15.6. The van der Waals surface area contributed by atoms with Crippen molar-refractivity contribution in [3.63, 3.8) is 0 Å². The smallest absolute Gasteiger partial charge is 0.375 e. The van der Waals surface area contributed by atoms with E-state index in [0.717, 1.165) is 43.4 Å². The van der Waals surface area contributed by atoms with Crippen LogP contribution in [0.25, 0.3) is 0 Å². The molecule has 2 bridgehead atoms. The van der Waals surface area contributed by atoms with Crippen molar-refractivity contribution in [2.45, 2.75) is 248 Å². The molecule has 580 valence electrons. The van der Waals surface area contributed by atoms with Crippen LogP contribution in [0, 0.1) is 41.4 Å². The van der Waals surface area contributed by atoms with Crippen LogP contribution >= 0.6 is 11.6 Å². The number of carbonyl (C=O) groups excluding carboxylic acids is 12. The van der Waals surface area contributed by atoms with Crippen LogP contribution in [0.5, 0.6) is 0 Å². The number of alkyl halides is 4. The molecule has 0 radical (unpaired) electrons. The van der Waals surface area contributed by atoms with Crippen molar-refractivity contribution in [2.24, 2.45) is 41.4 Å². The maximum absolute atomic E-state index is 15.6. The van der Waals surface area contributed by atoms with Gasteiger partial charge < -0.3 is 64.8 Å². The van der Waals surface area contributed by atoms with Crippen LogP contribution in [0.15, 0.2) is 12.2 Å². The first-order valence-corrected chi connectivity index (χ1v) is 38.2. The second-order valence-corrected chi connectivity index (χ2v) is 32.2. The van der Waals surface area contributed by atoms with E-state index in [1.54, 1.807) is 19.1 Å². The number of hydrogen-bond acceptors (Lipinski definition) is 13. The lowest BCUT2D eigenvalue weighted by molar-refractivity contribution is -0.182. The third-order valence-corrected chi connectivity index (χ3v) is 24.0. The number of rotatable bonds is 11. The zero-order valence-electron chi connectivity index (χ0n) is 63.2. The Morgan fingerprint density at radius 1 is 0.670 bits per heavy atom. The van der Waals surface area contributed by atoms with E-state index in [2.05, 4.69) is 22.9 Å². The van der Waals surface area contributed by atoms with Gasteiger partial charge in [0, 0.05) is 74.8 Å². The molecule has 12 amide bonds. The molecule has 29 heteroatoms. The Bertz CT molecular complexity index is 3050. The quantitative estimate of drug-likeness (QED) is 0.165. The van der Waals surface area contributed by atoms with Crippen LogP contribution in [0.3, 0.4) is 0 Å². The number of nitrogens with one attached hydrogen (secondary N) is 3. The van der Waals surface area contributed by atoms with E-state index in [-0.39, 0.29) is 108 Å². The SMILES string of the molecule is CC[C@H](C)[C@@H]1NC(=O)[C@H](CC(C)C)N(C)C(=O)C[C@@H](C(=O)N(C)C)N(C)C(=O)[C@H](C2CCCC2)N(C)C(=O)C2(CCCC2)NC(=O)[C@@H]2CCCN2C(=O)[C@H](CCC2CCC(C(F)(F)F)C(Cl)C2)NC(=O)CN(C)C(=O)[C@H](CC2CCC(C)CC2)N2C/C=C/COC[C@H](C2=O)N(C)C(=O)CN(C)C1=O.